The normalized spacial score (nSPS) is 15.8. The van der Waals surface area contributed by atoms with Gasteiger partial charge in [-0.3, -0.25) is 4.90 Å². The number of nitrogens with zero attached hydrogens (tertiary/aromatic N) is 2. The second kappa shape index (κ2) is 8.76. The molecule has 0 bridgehead atoms. The molecule has 1 heterocycles. The lowest BCUT2D eigenvalue weighted by Gasteiger charge is -2.35. The second-order valence-corrected chi connectivity index (χ2v) is 4.57. The Bertz CT molecular complexity index is 313. The number of hydrogen-bond donors (Lipinski definition) is 0. The molecule has 2 nitrogen and oxygen atoms in total. The average molecular weight is 246 g/mol. The third-order valence-electron chi connectivity index (χ3n) is 3.03. The first-order chi connectivity index (χ1) is 8.81. The Balaban J connectivity index is 0.000000492. The van der Waals surface area contributed by atoms with Crippen LogP contribution in [0.5, 0.6) is 0 Å². The van der Waals surface area contributed by atoms with Crippen LogP contribution in [-0.2, 0) is 0 Å². The molecule has 0 aliphatic carbocycles. The third-order valence-corrected chi connectivity index (χ3v) is 3.03. The van der Waals surface area contributed by atoms with Gasteiger partial charge in [0.05, 0.1) is 0 Å². The van der Waals surface area contributed by atoms with Crippen LogP contribution in [0, 0.1) is 0 Å². The summed E-state index contributed by atoms with van der Waals surface area (Å²) in [7, 11) is 0. The fourth-order valence-corrected chi connectivity index (χ4v) is 2.18. The van der Waals surface area contributed by atoms with Crippen molar-refractivity contribution in [2.45, 2.75) is 20.3 Å². The van der Waals surface area contributed by atoms with Crippen molar-refractivity contribution in [3.63, 3.8) is 0 Å². The Morgan fingerprint density at radius 1 is 1.11 bits per heavy atom. The van der Waals surface area contributed by atoms with Gasteiger partial charge in [-0.2, -0.15) is 0 Å². The molecule has 1 saturated heterocycles. The van der Waals surface area contributed by atoms with Gasteiger partial charge in [-0.05, 0) is 32.0 Å². The smallest absolute Gasteiger partial charge is 0.0367 e. The summed E-state index contributed by atoms with van der Waals surface area (Å²) in [5.74, 6) is 0. The molecule has 2 rings (SSSR count). The highest BCUT2D eigenvalue weighted by Crippen LogP contribution is 2.15. The van der Waals surface area contributed by atoms with Crippen LogP contribution in [0.3, 0.4) is 0 Å². The minimum absolute atomic E-state index is 1.17. The second-order valence-electron chi connectivity index (χ2n) is 4.57. The van der Waals surface area contributed by atoms with E-state index in [1.54, 1.807) is 6.08 Å². The maximum atomic E-state index is 3.36. The van der Waals surface area contributed by atoms with E-state index in [1.165, 1.54) is 44.8 Å². The molecule has 2 heteroatoms. The lowest BCUT2D eigenvalue weighted by molar-refractivity contribution is 0.258. The summed E-state index contributed by atoms with van der Waals surface area (Å²) in [4.78, 5) is 5.03. The van der Waals surface area contributed by atoms with Gasteiger partial charge < -0.3 is 4.90 Å². The summed E-state index contributed by atoms with van der Waals surface area (Å²) in [5.41, 5.74) is 1.37. The van der Waals surface area contributed by atoms with E-state index in [0.717, 1.165) is 0 Å². The van der Waals surface area contributed by atoms with Crippen molar-refractivity contribution in [1.82, 2.24) is 4.90 Å². The lowest BCUT2D eigenvalue weighted by Crippen LogP contribution is -2.46. The quantitative estimate of drug-likeness (QED) is 0.754. The van der Waals surface area contributed by atoms with Crippen LogP contribution in [0.15, 0.2) is 43.0 Å². The van der Waals surface area contributed by atoms with Gasteiger partial charge in [0, 0.05) is 31.9 Å². The molecule has 0 spiro atoms. The van der Waals surface area contributed by atoms with E-state index in [-0.39, 0.29) is 0 Å². The zero-order valence-corrected chi connectivity index (χ0v) is 11.8. The van der Waals surface area contributed by atoms with Gasteiger partial charge in [-0.25, -0.2) is 0 Å². The molecule has 0 N–H and O–H groups in total. The third kappa shape index (κ3) is 4.92. The molecular formula is C16H26N2. The van der Waals surface area contributed by atoms with Crippen molar-refractivity contribution < 1.29 is 0 Å². The lowest BCUT2D eigenvalue weighted by atomic mass is 10.2. The van der Waals surface area contributed by atoms with Gasteiger partial charge in [0.25, 0.3) is 0 Å². The number of benzene rings is 1. The maximum absolute atomic E-state index is 3.36. The van der Waals surface area contributed by atoms with E-state index in [4.69, 9.17) is 0 Å². The van der Waals surface area contributed by atoms with E-state index in [9.17, 15) is 0 Å². The van der Waals surface area contributed by atoms with Gasteiger partial charge in [0.15, 0.2) is 0 Å². The molecule has 0 radical (unpaired) electrons. The van der Waals surface area contributed by atoms with Crippen molar-refractivity contribution in [1.29, 1.82) is 0 Å². The first-order valence-electron chi connectivity index (χ1n) is 6.91. The van der Waals surface area contributed by atoms with Crippen molar-refractivity contribution in [3.05, 3.63) is 43.0 Å². The Hall–Kier alpha value is -1.28. The Kier molecular flexibility index (Phi) is 7.19. The number of rotatable bonds is 3. The SMILES string of the molecule is C=CC.CCCN1CCN(c2ccccc2)CC1. The zero-order valence-electron chi connectivity index (χ0n) is 11.8. The average Bonchev–Trinajstić information content (AvgIpc) is 2.42. The molecule has 1 aromatic rings. The van der Waals surface area contributed by atoms with E-state index in [2.05, 4.69) is 53.6 Å². The molecule has 1 fully saturated rings. The first-order valence-corrected chi connectivity index (χ1v) is 6.91. The number of para-hydroxylation sites is 1. The number of piperazine rings is 1. The highest BCUT2D eigenvalue weighted by molar-refractivity contribution is 5.46. The van der Waals surface area contributed by atoms with Crippen LogP contribution in [0.4, 0.5) is 5.69 Å². The van der Waals surface area contributed by atoms with Gasteiger partial charge in [0.1, 0.15) is 0 Å². The van der Waals surface area contributed by atoms with E-state index >= 15 is 0 Å². The Labute approximate surface area is 112 Å². The molecule has 0 unspecified atom stereocenters. The van der Waals surface area contributed by atoms with Crippen LogP contribution >= 0.6 is 0 Å². The Morgan fingerprint density at radius 2 is 1.67 bits per heavy atom. The minimum atomic E-state index is 1.17. The van der Waals surface area contributed by atoms with Crippen LogP contribution < -0.4 is 4.90 Å². The number of allylic oxidation sites excluding steroid dienone is 1. The largest absolute Gasteiger partial charge is 0.369 e. The minimum Gasteiger partial charge on any atom is -0.369 e. The van der Waals surface area contributed by atoms with Crippen LogP contribution in [0.2, 0.25) is 0 Å². The van der Waals surface area contributed by atoms with E-state index in [1.807, 2.05) is 6.92 Å². The molecule has 1 aromatic carbocycles. The Morgan fingerprint density at radius 3 is 2.17 bits per heavy atom. The molecule has 18 heavy (non-hydrogen) atoms. The monoisotopic (exact) mass is 246 g/mol. The molecule has 0 saturated carbocycles. The molecule has 0 atom stereocenters. The highest BCUT2D eigenvalue weighted by Gasteiger charge is 2.15. The molecule has 1 aliphatic rings. The van der Waals surface area contributed by atoms with Crippen molar-refractivity contribution >= 4 is 5.69 Å². The fourth-order valence-electron chi connectivity index (χ4n) is 2.18. The van der Waals surface area contributed by atoms with Crippen LogP contribution in [-0.4, -0.2) is 37.6 Å². The van der Waals surface area contributed by atoms with Gasteiger partial charge in [-0.1, -0.05) is 31.2 Å². The zero-order chi connectivity index (χ0) is 13.2. The van der Waals surface area contributed by atoms with Gasteiger partial charge in [0.2, 0.25) is 0 Å². The summed E-state index contributed by atoms with van der Waals surface area (Å²) < 4.78 is 0. The summed E-state index contributed by atoms with van der Waals surface area (Å²) in [6.45, 7) is 13.5. The fraction of sp³-hybridized carbons (Fsp3) is 0.500. The number of anilines is 1. The maximum Gasteiger partial charge on any atom is 0.0367 e. The molecule has 100 valence electrons. The molecule has 0 aromatic heterocycles. The van der Waals surface area contributed by atoms with Gasteiger partial charge in [-0.15, -0.1) is 6.58 Å². The highest BCUT2D eigenvalue weighted by atomic mass is 15.3. The van der Waals surface area contributed by atoms with Gasteiger partial charge >= 0.3 is 0 Å². The van der Waals surface area contributed by atoms with E-state index < -0.39 is 0 Å². The van der Waals surface area contributed by atoms with E-state index in [0.29, 0.717) is 0 Å². The molecular weight excluding hydrogens is 220 g/mol. The molecule has 1 aliphatic heterocycles. The van der Waals surface area contributed by atoms with Crippen molar-refractivity contribution in [3.8, 4) is 0 Å². The summed E-state index contributed by atoms with van der Waals surface area (Å²) in [5, 5.41) is 0. The van der Waals surface area contributed by atoms with Crippen LogP contribution in [0.1, 0.15) is 20.3 Å². The number of hydrogen-bond acceptors (Lipinski definition) is 2. The predicted molar refractivity (Wildman–Crippen MR) is 81.3 cm³/mol. The molecule has 0 amide bonds. The summed E-state index contributed by atoms with van der Waals surface area (Å²) >= 11 is 0. The topological polar surface area (TPSA) is 6.48 Å². The summed E-state index contributed by atoms with van der Waals surface area (Å²) in [6.07, 6.45) is 3.02. The first kappa shape index (κ1) is 14.8. The van der Waals surface area contributed by atoms with Crippen molar-refractivity contribution in [2.24, 2.45) is 0 Å². The summed E-state index contributed by atoms with van der Waals surface area (Å²) in [6, 6.07) is 10.7. The van der Waals surface area contributed by atoms with Crippen LogP contribution in [0.25, 0.3) is 0 Å². The predicted octanol–water partition coefficient (Wildman–Crippen LogP) is 3.41. The standard InChI is InChI=1S/C13H20N2.C3H6/c1-2-8-14-9-11-15(12-10-14)13-6-4-3-5-7-13;1-3-2/h3-7H,2,8-12H2,1H3;3H,1H2,2H3. The van der Waals surface area contributed by atoms with Crippen molar-refractivity contribution in [2.75, 3.05) is 37.6 Å².